The molecule has 3 unspecified atom stereocenters. The maximum absolute atomic E-state index is 13.8. The summed E-state index contributed by atoms with van der Waals surface area (Å²) in [6.07, 6.45) is -2.25. The van der Waals surface area contributed by atoms with E-state index < -0.39 is 12.5 Å². The molecule has 8 heteroatoms. The van der Waals surface area contributed by atoms with Gasteiger partial charge in [0.05, 0.1) is 11.6 Å². The Morgan fingerprint density at radius 3 is 2.55 bits per heavy atom. The number of phenols is 1. The lowest BCUT2D eigenvalue weighted by Crippen LogP contribution is -2.35. The molecule has 0 aromatic heterocycles. The number of allylic oxidation sites excluding steroid dienone is 1. The standard InChI is InChI=1S/C32H31ClF2N2O3/c1-18-8-9-37(16-18)19(2)17-39-26-6-4-21(5-7-26)31-30(22-10-24(33)13-25(38)11-22)20(3)27-14-28(32(34)35)23(15-36)12-29(27)40-31/h4-7,10-14,18-19,31-32,38H,8-9,16-17H2,1-3H3. The van der Waals surface area contributed by atoms with Gasteiger partial charge in [0.15, 0.2) is 0 Å². The molecule has 3 aromatic rings. The number of nitriles is 1. The molecule has 1 saturated heterocycles. The molecule has 0 saturated carbocycles. The van der Waals surface area contributed by atoms with Crippen molar-refractivity contribution in [1.82, 2.24) is 4.90 Å². The normalized spacial score (nSPS) is 19.8. The van der Waals surface area contributed by atoms with Gasteiger partial charge in [-0.1, -0.05) is 30.7 Å². The number of phenolic OH excluding ortho intramolecular Hbond substituents is 1. The van der Waals surface area contributed by atoms with Crippen molar-refractivity contribution in [2.45, 2.75) is 45.8 Å². The summed E-state index contributed by atoms with van der Waals surface area (Å²) in [6.45, 7) is 9.02. The molecule has 40 heavy (non-hydrogen) atoms. The highest BCUT2D eigenvalue weighted by molar-refractivity contribution is 6.31. The average molecular weight is 565 g/mol. The van der Waals surface area contributed by atoms with E-state index in [1.54, 1.807) is 12.1 Å². The summed E-state index contributed by atoms with van der Waals surface area (Å²) in [5.74, 6) is 1.76. The van der Waals surface area contributed by atoms with Crippen LogP contribution in [0.1, 0.15) is 67.5 Å². The number of nitrogens with zero attached hydrogens (tertiary/aromatic N) is 2. The molecule has 2 heterocycles. The zero-order valence-electron chi connectivity index (χ0n) is 22.6. The Balaban J connectivity index is 1.49. The predicted octanol–water partition coefficient (Wildman–Crippen LogP) is 8.03. The van der Waals surface area contributed by atoms with Crippen molar-refractivity contribution in [3.63, 3.8) is 0 Å². The fourth-order valence-electron chi connectivity index (χ4n) is 5.55. The molecular weight excluding hydrogens is 534 g/mol. The Morgan fingerprint density at radius 2 is 1.93 bits per heavy atom. The predicted molar refractivity (Wildman–Crippen MR) is 152 cm³/mol. The molecule has 1 fully saturated rings. The lowest BCUT2D eigenvalue weighted by molar-refractivity contribution is 0.151. The van der Waals surface area contributed by atoms with Crippen molar-refractivity contribution in [1.29, 1.82) is 5.26 Å². The van der Waals surface area contributed by atoms with Crippen LogP contribution >= 0.6 is 11.6 Å². The Bertz CT molecular complexity index is 1460. The fraction of sp³-hybridized carbons (Fsp3) is 0.344. The Hall–Kier alpha value is -3.60. The second-order valence-electron chi connectivity index (χ2n) is 10.7. The Kier molecular flexibility index (Phi) is 8.02. The number of halogens is 3. The third kappa shape index (κ3) is 5.65. The van der Waals surface area contributed by atoms with Crippen LogP contribution in [-0.2, 0) is 0 Å². The van der Waals surface area contributed by atoms with Crippen molar-refractivity contribution in [3.05, 3.63) is 87.4 Å². The van der Waals surface area contributed by atoms with E-state index in [0.29, 0.717) is 51.6 Å². The van der Waals surface area contributed by atoms with Crippen LogP contribution in [0.4, 0.5) is 8.78 Å². The summed E-state index contributed by atoms with van der Waals surface area (Å²) in [4.78, 5) is 2.45. The van der Waals surface area contributed by atoms with Gasteiger partial charge >= 0.3 is 0 Å². The van der Waals surface area contributed by atoms with Crippen LogP contribution in [0.3, 0.4) is 0 Å². The quantitative estimate of drug-likeness (QED) is 0.315. The molecule has 5 nitrogen and oxygen atoms in total. The third-order valence-electron chi connectivity index (χ3n) is 7.77. The Labute approximate surface area is 238 Å². The highest BCUT2D eigenvalue weighted by atomic mass is 35.5. The van der Waals surface area contributed by atoms with Crippen molar-refractivity contribution in [3.8, 4) is 23.3 Å². The van der Waals surface area contributed by atoms with E-state index >= 15 is 0 Å². The van der Waals surface area contributed by atoms with E-state index in [4.69, 9.17) is 21.1 Å². The summed E-state index contributed by atoms with van der Waals surface area (Å²) in [7, 11) is 0. The van der Waals surface area contributed by atoms with Crippen LogP contribution in [0, 0.1) is 17.2 Å². The lowest BCUT2D eigenvalue weighted by atomic mass is 9.85. The van der Waals surface area contributed by atoms with Gasteiger partial charge in [0.2, 0.25) is 0 Å². The molecule has 0 amide bonds. The number of aromatic hydroxyl groups is 1. The van der Waals surface area contributed by atoms with Crippen molar-refractivity contribution >= 4 is 22.7 Å². The third-order valence-corrected chi connectivity index (χ3v) is 7.99. The second-order valence-corrected chi connectivity index (χ2v) is 11.1. The molecule has 0 aliphatic carbocycles. The maximum atomic E-state index is 13.8. The van der Waals surface area contributed by atoms with Gasteiger partial charge in [-0.25, -0.2) is 8.78 Å². The minimum atomic E-state index is -2.81. The first-order valence-corrected chi connectivity index (χ1v) is 13.7. The highest BCUT2D eigenvalue weighted by Gasteiger charge is 2.32. The van der Waals surface area contributed by atoms with Crippen LogP contribution in [-0.4, -0.2) is 35.7 Å². The van der Waals surface area contributed by atoms with Crippen LogP contribution in [0.5, 0.6) is 17.2 Å². The average Bonchev–Trinajstić information content (AvgIpc) is 3.36. The molecule has 5 rings (SSSR count). The van der Waals surface area contributed by atoms with Crippen LogP contribution in [0.2, 0.25) is 5.02 Å². The summed E-state index contributed by atoms with van der Waals surface area (Å²) in [5.41, 5.74) is 2.75. The molecule has 1 N–H and O–H groups in total. The number of alkyl halides is 2. The number of rotatable bonds is 7. The maximum Gasteiger partial charge on any atom is 0.265 e. The number of benzene rings is 3. The first-order chi connectivity index (χ1) is 19.1. The minimum Gasteiger partial charge on any atom is -0.508 e. The van der Waals surface area contributed by atoms with Crippen LogP contribution in [0.15, 0.2) is 54.6 Å². The summed E-state index contributed by atoms with van der Waals surface area (Å²) in [6, 6.07) is 17.1. The van der Waals surface area contributed by atoms with E-state index in [2.05, 4.69) is 18.7 Å². The van der Waals surface area contributed by atoms with E-state index in [0.717, 1.165) is 24.4 Å². The van der Waals surface area contributed by atoms with E-state index in [1.807, 2.05) is 37.3 Å². The molecule has 3 aromatic carbocycles. The Morgan fingerprint density at radius 1 is 1.18 bits per heavy atom. The first kappa shape index (κ1) is 27.9. The van der Waals surface area contributed by atoms with Gasteiger partial charge in [0.1, 0.15) is 30.0 Å². The lowest BCUT2D eigenvalue weighted by Gasteiger charge is -2.32. The van der Waals surface area contributed by atoms with Gasteiger partial charge in [0.25, 0.3) is 6.43 Å². The fourth-order valence-corrected chi connectivity index (χ4v) is 5.78. The topological polar surface area (TPSA) is 65.7 Å². The molecule has 0 bridgehead atoms. The van der Waals surface area contributed by atoms with Crippen LogP contribution < -0.4 is 9.47 Å². The smallest absolute Gasteiger partial charge is 0.265 e. The first-order valence-electron chi connectivity index (χ1n) is 13.3. The van der Waals surface area contributed by atoms with E-state index in [-0.39, 0.29) is 16.9 Å². The number of ether oxygens (including phenoxy) is 2. The van der Waals surface area contributed by atoms with E-state index in [9.17, 15) is 19.1 Å². The van der Waals surface area contributed by atoms with Gasteiger partial charge in [-0.3, -0.25) is 4.90 Å². The summed E-state index contributed by atoms with van der Waals surface area (Å²) in [5, 5.41) is 20.1. The molecule has 208 valence electrons. The van der Waals surface area contributed by atoms with Gasteiger partial charge in [-0.2, -0.15) is 5.26 Å². The molecule has 2 aliphatic rings. The van der Waals surface area contributed by atoms with Gasteiger partial charge in [-0.05, 0) is 91.9 Å². The molecule has 3 atom stereocenters. The molecular formula is C32H31ClF2N2O3. The van der Waals surface area contributed by atoms with Crippen molar-refractivity contribution in [2.75, 3.05) is 19.7 Å². The molecule has 2 aliphatic heterocycles. The van der Waals surface area contributed by atoms with Crippen molar-refractivity contribution < 1.29 is 23.4 Å². The molecule has 0 radical (unpaired) electrons. The van der Waals surface area contributed by atoms with Gasteiger partial charge < -0.3 is 14.6 Å². The van der Waals surface area contributed by atoms with Crippen molar-refractivity contribution in [2.24, 2.45) is 5.92 Å². The van der Waals surface area contributed by atoms with Gasteiger partial charge in [0, 0.05) is 34.3 Å². The van der Waals surface area contributed by atoms with Crippen LogP contribution in [0.25, 0.3) is 11.1 Å². The van der Waals surface area contributed by atoms with E-state index in [1.165, 1.54) is 24.6 Å². The summed E-state index contributed by atoms with van der Waals surface area (Å²) < 4.78 is 40.0. The largest absolute Gasteiger partial charge is 0.508 e. The SMILES string of the molecule is CC1=C(c2cc(O)cc(Cl)c2)C(c2ccc(OCC(C)N3CCC(C)C3)cc2)Oc2cc(C#N)c(C(F)F)cc21. The summed E-state index contributed by atoms with van der Waals surface area (Å²) >= 11 is 6.27. The highest BCUT2D eigenvalue weighted by Crippen LogP contribution is 2.48. The number of hydrogen-bond acceptors (Lipinski definition) is 5. The minimum absolute atomic E-state index is 0.0225. The monoisotopic (exact) mass is 564 g/mol. The van der Waals surface area contributed by atoms with Gasteiger partial charge in [-0.15, -0.1) is 0 Å². The second kappa shape index (κ2) is 11.5. The number of fused-ring (bicyclic) bond motifs is 1. The zero-order valence-corrected chi connectivity index (χ0v) is 23.4. The molecule has 0 spiro atoms. The number of hydrogen-bond donors (Lipinski definition) is 1. The number of likely N-dealkylation sites (tertiary alicyclic amines) is 1. The zero-order chi connectivity index (χ0) is 28.6.